The molecular weight excluding hydrogens is 299 g/mol. The Kier molecular flexibility index (Phi) is 5.74. The van der Waals surface area contributed by atoms with Crippen molar-refractivity contribution in [1.82, 2.24) is 0 Å². The highest BCUT2D eigenvalue weighted by Crippen LogP contribution is 2.27. The van der Waals surface area contributed by atoms with Crippen molar-refractivity contribution < 1.29 is 23.4 Å². The van der Waals surface area contributed by atoms with Crippen LogP contribution >= 0.6 is 0 Å². The van der Waals surface area contributed by atoms with Gasteiger partial charge in [-0.25, -0.2) is 9.18 Å². The van der Waals surface area contributed by atoms with Crippen molar-refractivity contribution in [1.29, 1.82) is 0 Å². The van der Waals surface area contributed by atoms with Gasteiger partial charge in [-0.15, -0.1) is 0 Å². The van der Waals surface area contributed by atoms with E-state index in [0.717, 1.165) is 5.56 Å². The summed E-state index contributed by atoms with van der Waals surface area (Å²) in [4.78, 5) is 11.7. The van der Waals surface area contributed by atoms with E-state index < -0.39 is 5.97 Å². The molecule has 120 valence electrons. The van der Waals surface area contributed by atoms with Crippen LogP contribution < -0.4 is 9.47 Å². The molecule has 0 saturated heterocycles. The molecule has 0 fully saturated rings. The number of ether oxygens (including phenoxy) is 3. The van der Waals surface area contributed by atoms with Crippen molar-refractivity contribution in [2.24, 2.45) is 0 Å². The smallest absolute Gasteiger partial charge is 0.331 e. The van der Waals surface area contributed by atoms with E-state index in [0.29, 0.717) is 17.1 Å². The van der Waals surface area contributed by atoms with E-state index in [9.17, 15) is 9.18 Å². The maximum Gasteiger partial charge on any atom is 0.331 e. The Bertz CT molecular complexity index is 710. The summed E-state index contributed by atoms with van der Waals surface area (Å²) in [6, 6.07) is 11.2. The molecule has 23 heavy (non-hydrogen) atoms. The van der Waals surface area contributed by atoms with Crippen LogP contribution in [0.1, 0.15) is 11.1 Å². The number of carbonyl (C=O) groups is 1. The van der Waals surface area contributed by atoms with Crippen LogP contribution in [0.2, 0.25) is 0 Å². The lowest BCUT2D eigenvalue weighted by Crippen LogP contribution is -2.01. The first-order chi connectivity index (χ1) is 11.1. The molecule has 2 aromatic rings. The molecule has 0 N–H and O–H groups in total. The molecule has 0 aliphatic carbocycles. The van der Waals surface area contributed by atoms with Crippen molar-refractivity contribution in [2.75, 3.05) is 14.2 Å². The first-order valence-electron chi connectivity index (χ1n) is 6.93. The van der Waals surface area contributed by atoms with Gasteiger partial charge in [-0.3, -0.25) is 0 Å². The number of hydrogen-bond acceptors (Lipinski definition) is 4. The van der Waals surface area contributed by atoms with Crippen molar-refractivity contribution in [2.45, 2.75) is 6.61 Å². The van der Waals surface area contributed by atoms with E-state index in [2.05, 4.69) is 0 Å². The molecule has 5 heteroatoms. The Balaban J connectivity index is 1.95. The highest BCUT2D eigenvalue weighted by molar-refractivity contribution is 5.87. The van der Waals surface area contributed by atoms with Crippen LogP contribution in [0.3, 0.4) is 0 Å². The summed E-state index contributed by atoms with van der Waals surface area (Å²) >= 11 is 0. The molecule has 0 atom stereocenters. The first-order valence-corrected chi connectivity index (χ1v) is 6.93. The van der Waals surface area contributed by atoms with Gasteiger partial charge in [0, 0.05) is 6.08 Å². The summed E-state index contributed by atoms with van der Waals surface area (Å²) in [7, 11) is 3.09. The fourth-order valence-electron chi connectivity index (χ4n) is 1.95. The SMILES string of the molecule is COc1ccc(/C=C/C(=O)OCc2cccc(F)c2)cc1OC. The Morgan fingerprint density at radius 1 is 1.09 bits per heavy atom. The monoisotopic (exact) mass is 316 g/mol. The number of halogens is 1. The largest absolute Gasteiger partial charge is 0.493 e. The lowest BCUT2D eigenvalue weighted by Gasteiger charge is -2.07. The van der Waals surface area contributed by atoms with E-state index in [1.807, 2.05) is 0 Å². The molecule has 0 unspecified atom stereocenters. The van der Waals surface area contributed by atoms with Gasteiger partial charge in [-0.1, -0.05) is 18.2 Å². The number of esters is 1. The fourth-order valence-corrected chi connectivity index (χ4v) is 1.95. The van der Waals surface area contributed by atoms with E-state index >= 15 is 0 Å². The summed E-state index contributed by atoms with van der Waals surface area (Å²) in [5.74, 6) is 0.310. The molecule has 0 aromatic heterocycles. The number of hydrogen-bond donors (Lipinski definition) is 0. The summed E-state index contributed by atoms with van der Waals surface area (Å²) in [6.07, 6.45) is 2.91. The van der Waals surface area contributed by atoms with Gasteiger partial charge in [0.25, 0.3) is 0 Å². The van der Waals surface area contributed by atoms with Gasteiger partial charge in [0.15, 0.2) is 11.5 Å². The quantitative estimate of drug-likeness (QED) is 0.603. The second kappa shape index (κ2) is 7.98. The molecule has 4 nitrogen and oxygen atoms in total. The fraction of sp³-hybridized carbons (Fsp3) is 0.167. The maximum atomic E-state index is 13.0. The van der Waals surface area contributed by atoms with Crippen LogP contribution in [0.4, 0.5) is 4.39 Å². The molecule has 0 bridgehead atoms. The zero-order valence-electron chi connectivity index (χ0n) is 12.9. The molecule has 0 amide bonds. The predicted molar refractivity (Wildman–Crippen MR) is 84.8 cm³/mol. The highest BCUT2D eigenvalue weighted by atomic mass is 19.1. The third-order valence-corrected chi connectivity index (χ3v) is 3.09. The van der Waals surface area contributed by atoms with Crippen LogP contribution in [-0.4, -0.2) is 20.2 Å². The lowest BCUT2D eigenvalue weighted by atomic mass is 10.2. The molecule has 0 aliphatic heterocycles. The van der Waals surface area contributed by atoms with Gasteiger partial charge in [0.2, 0.25) is 0 Å². The van der Waals surface area contributed by atoms with Crippen LogP contribution in [-0.2, 0) is 16.1 Å². The standard InChI is InChI=1S/C18H17FO4/c1-21-16-8-6-13(11-17(16)22-2)7-9-18(20)23-12-14-4-3-5-15(19)10-14/h3-11H,12H2,1-2H3/b9-7+. The highest BCUT2D eigenvalue weighted by Gasteiger charge is 2.04. The van der Waals surface area contributed by atoms with Crippen LogP contribution in [0.15, 0.2) is 48.5 Å². The summed E-state index contributed by atoms with van der Waals surface area (Å²) in [5, 5.41) is 0. The molecule has 0 radical (unpaired) electrons. The van der Waals surface area contributed by atoms with E-state index in [-0.39, 0.29) is 12.4 Å². The van der Waals surface area contributed by atoms with Crippen LogP contribution in [0.25, 0.3) is 6.08 Å². The van der Waals surface area contributed by atoms with Crippen molar-refractivity contribution >= 4 is 12.0 Å². The second-order valence-electron chi connectivity index (χ2n) is 4.69. The molecule has 2 rings (SSSR count). The Morgan fingerprint density at radius 2 is 1.87 bits per heavy atom. The van der Waals surface area contributed by atoms with Crippen LogP contribution in [0.5, 0.6) is 11.5 Å². The van der Waals surface area contributed by atoms with Gasteiger partial charge >= 0.3 is 5.97 Å². The molecular formula is C18H17FO4. The van der Waals surface area contributed by atoms with E-state index in [1.165, 1.54) is 18.2 Å². The van der Waals surface area contributed by atoms with Gasteiger partial charge in [-0.2, -0.15) is 0 Å². The summed E-state index contributed by atoms with van der Waals surface area (Å²) in [5.41, 5.74) is 1.36. The summed E-state index contributed by atoms with van der Waals surface area (Å²) in [6.45, 7) is 0.0207. The second-order valence-corrected chi connectivity index (χ2v) is 4.69. The Morgan fingerprint density at radius 3 is 2.57 bits per heavy atom. The topological polar surface area (TPSA) is 44.8 Å². The van der Waals surface area contributed by atoms with E-state index in [4.69, 9.17) is 14.2 Å². The Labute approximate surface area is 134 Å². The third-order valence-electron chi connectivity index (χ3n) is 3.09. The van der Waals surface area contributed by atoms with Gasteiger partial charge in [0.1, 0.15) is 12.4 Å². The molecule has 2 aromatic carbocycles. The zero-order chi connectivity index (χ0) is 16.7. The van der Waals surface area contributed by atoms with Crippen molar-refractivity contribution in [3.63, 3.8) is 0 Å². The molecule has 0 aliphatic rings. The average molecular weight is 316 g/mol. The normalized spacial score (nSPS) is 10.6. The summed E-state index contributed by atoms with van der Waals surface area (Å²) < 4.78 is 28.4. The van der Waals surface area contributed by atoms with Gasteiger partial charge in [0.05, 0.1) is 14.2 Å². The van der Waals surface area contributed by atoms with Crippen molar-refractivity contribution in [3.8, 4) is 11.5 Å². The molecule has 0 heterocycles. The number of rotatable bonds is 6. The minimum absolute atomic E-state index is 0.0207. The first kappa shape index (κ1) is 16.5. The average Bonchev–Trinajstić information content (AvgIpc) is 2.57. The molecule has 0 saturated carbocycles. The number of methoxy groups -OCH3 is 2. The van der Waals surface area contributed by atoms with Gasteiger partial charge in [-0.05, 0) is 41.5 Å². The third kappa shape index (κ3) is 4.85. The van der Waals surface area contributed by atoms with Crippen LogP contribution in [0, 0.1) is 5.82 Å². The number of carbonyl (C=O) groups excluding carboxylic acids is 1. The van der Waals surface area contributed by atoms with Gasteiger partial charge < -0.3 is 14.2 Å². The van der Waals surface area contributed by atoms with Crippen molar-refractivity contribution in [3.05, 3.63) is 65.5 Å². The minimum atomic E-state index is -0.510. The van der Waals surface area contributed by atoms with E-state index in [1.54, 1.807) is 50.6 Å². The maximum absolute atomic E-state index is 13.0. The molecule has 0 spiro atoms. The Hall–Kier alpha value is -2.82. The number of benzene rings is 2. The minimum Gasteiger partial charge on any atom is -0.493 e. The lowest BCUT2D eigenvalue weighted by molar-refractivity contribution is -0.138. The zero-order valence-corrected chi connectivity index (χ0v) is 12.9. The predicted octanol–water partition coefficient (Wildman–Crippen LogP) is 3.60.